The summed E-state index contributed by atoms with van der Waals surface area (Å²) in [6.07, 6.45) is 6.71. The summed E-state index contributed by atoms with van der Waals surface area (Å²) in [6.45, 7) is 3.93. The molecule has 4 N–H and O–H groups in total. The van der Waals surface area contributed by atoms with E-state index in [1.54, 1.807) is 36.5 Å². The number of hydrogen-bond acceptors (Lipinski definition) is 10. The average Bonchev–Trinajstić information content (AvgIpc) is 3.72. The van der Waals surface area contributed by atoms with Crippen LogP contribution >= 0.6 is 11.3 Å². The first-order valence-electron chi connectivity index (χ1n) is 15.9. The molecule has 0 saturated carbocycles. The van der Waals surface area contributed by atoms with Gasteiger partial charge >= 0.3 is 6.03 Å². The minimum atomic E-state index is -1.16. The number of fused-ring (bicyclic) bond motifs is 6. The zero-order valence-electron chi connectivity index (χ0n) is 27.0. The molecule has 3 heterocycles. The molecular weight excluding hydrogens is 653 g/mol. The van der Waals surface area contributed by atoms with E-state index in [-0.39, 0.29) is 30.7 Å². The van der Waals surface area contributed by atoms with Gasteiger partial charge in [0.1, 0.15) is 17.6 Å². The molecule has 50 heavy (non-hydrogen) atoms. The molecule has 0 fully saturated rings. The normalized spacial score (nSPS) is 18.6. The number of urea groups is 1. The number of amides is 3. The van der Waals surface area contributed by atoms with Gasteiger partial charge in [0.2, 0.25) is 5.91 Å². The van der Waals surface area contributed by atoms with E-state index >= 15 is 0 Å². The quantitative estimate of drug-likeness (QED) is 0.241. The van der Waals surface area contributed by atoms with Gasteiger partial charge in [-0.25, -0.2) is 19.7 Å². The molecule has 13 heteroatoms. The predicted molar refractivity (Wildman–Crippen MR) is 192 cm³/mol. The summed E-state index contributed by atoms with van der Waals surface area (Å²) in [7, 11) is 0. The molecular formula is C37H30N8O4S. The Morgan fingerprint density at radius 1 is 1.00 bits per heavy atom. The largest absolute Gasteiger partial charge is 0.351 e. The van der Waals surface area contributed by atoms with Gasteiger partial charge in [0, 0.05) is 28.1 Å². The van der Waals surface area contributed by atoms with Gasteiger partial charge in [0.15, 0.2) is 22.5 Å². The van der Waals surface area contributed by atoms with Gasteiger partial charge in [-0.05, 0) is 52.3 Å². The van der Waals surface area contributed by atoms with Crippen molar-refractivity contribution in [3.05, 3.63) is 100 Å². The highest BCUT2D eigenvalue weighted by molar-refractivity contribution is 7.14. The highest BCUT2D eigenvalue weighted by Gasteiger charge is 2.50. The van der Waals surface area contributed by atoms with Crippen LogP contribution in [0.15, 0.2) is 78.6 Å². The number of carbonyl (C=O) groups is 4. The van der Waals surface area contributed by atoms with Crippen LogP contribution in [0, 0.1) is 5.92 Å². The number of carbonyl (C=O) groups excluding carboxylic acids is 4. The first kappa shape index (κ1) is 31.1. The van der Waals surface area contributed by atoms with Crippen molar-refractivity contribution in [1.82, 2.24) is 15.0 Å². The van der Waals surface area contributed by atoms with Gasteiger partial charge in [-0.2, -0.15) is 0 Å². The Labute approximate surface area is 290 Å². The molecule has 12 nitrogen and oxygen atoms in total. The van der Waals surface area contributed by atoms with Crippen LogP contribution in [-0.2, 0) is 15.1 Å². The first-order chi connectivity index (χ1) is 24.1. The zero-order chi connectivity index (χ0) is 34.7. The van der Waals surface area contributed by atoms with Crippen molar-refractivity contribution in [2.24, 2.45) is 11.7 Å². The number of nitrogens with one attached hydrogen (secondary N) is 2. The molecule has 0 spiro atoms. The number of Topliss-reactive ketones (excluding diaryl/α,β-unsaturated/α-hetero) is 2. The van der Waals surface area contributed by atoms with Gasteiger partial charge in [0.25, 0.3) is 0 Å². The third kappa shape index (κ3) is 5.01. The van der Waals surface area contributed by atoms with Crippen molar-refractivity contribution in [2.75, 3.05) is 33.6 Å². The molecule has 0 bridgehead atoms. The maximum Gasteiger partial charge on any atom is 0.316 e. The lowest BCUT2D eigenvalue weighted by Gasteiger charge is -2.42. The lowest BCUT2D eigenvalue weighted by Crippen LogP contribution is -2.59. The maximum absolute atomic E-state index is 14.3. The summed E-state index contributed by atoms with van der Waals surface area (Å²) in [4.78, 5) is 69.2. The van der Waals surface area contributed by atoms with E-state index in [9.17, 15) is 19.2 Å². The molecule has 3 aliphatic rings. The molecule has 0 radical (unpaired) electrons. The highest BCUT2D eigenvalue weighted by Crippen LogP contribution is 2.44. The fourth-order valence-electron chi connectivity index (χ4n) is 7.16. The summed E-state index contributed by atoms with van der Waals surface area (Å²) < 4.78 is 0. The Kier molecular flexibility index (Phi) is 7.30. The monoisotopic (exact) mass is 682 g/mol. The third-order valence-electron chi connectivity index (χ3n) is 9.53. The molecule has 3 aromatic carbocycles. The van der Waals surface area contributed by atoms with Crippen LogP contribution in [0.4, 0.5) is 27.1 Å². The average molecular weight is 683 g/mol. The Morgan fingerprint density at radius 2 is 1.78 bits per heavy atom. The molecule has 2 aromatic heterocycles. The van der Waals surface area contributed by atoms with Crippen molar-refractivity contribution in [3.8, 4) is 22.4 Å². The van der Waals surface area contributed by atoms with E-state index in [0.29, 0.717) is 33.6 Å². The summed E-state index contributed by atoms with van der Waals surface area (Å²) in [5.41, 5.74) is 9.94. The minimum Gasteiger partial charge on any atom is -0.351 e. The second-order valence-corrected chi connectivity index (χ2v) is 13.4. The number of ketones is 2. The van der Waals surface area contributed by atoms with E-state index in [1.165, 1.54) is 17.7 Å². The number of benzene rings is 3. The SMILES string of the molecule is CC1C=c2c(ccc3c2=CC(=O)c2ccccc2-3)C(C)(N2CN(CC(=O)Nc3nc(-c4ccc(NC(N)=O)cc4)cs3)c3cncnc32)C1=O. The number of aromatic nitrogens is 3. The van der Waals surface area contributed by atoms with E-state index in [0.717, 1.165) is 32.7 Å². The molecule has 8 rings (SSSR count). The molecule has 2 atom stereocenters. The highest BCUT2D eigenvalue weighted by atomic mass is 32.1. The summed E-state index contributed by atoms with van der Waals surface area (Å²) in [6, 6.07) is 17.9. The standard InChI is InChI=1S/C37H30N8O4S/c1-20-13-27-26-14-31(46)25-6-4-3-5-23(25)24(26)11-12-28(27)37(2,33(20)48)45-19-44(30-15-39-18-40-34(30)45)16-32(47)43-36-42-29(17-50-36)21-7-9-22(10-8-21)41-35(38)49/h3-15,17-18,20H,16,19H2,1-2H3,(H3,38,41,49)(H,42,43,47). The number of rotatable bonds is 6. The summed E-state index contributed by atoms with van der Waals surface area (Å²) in [5.74, 6) is -0.293. The molecule has 248 valence electrons. The zero-order valence-corrected chi connectivity index (χ0v) is 27.8. The Morgan fingerprint density at radius 3 is 2.56 bits per heavy atom. The van der Waals surface area contributed by atoms with Gasteiger partial charge < -0.3 is 26.2 Å². The van der Waals surface area contributed by atoms with E-state index in [2.05, 4.69) is 25.6 Å². The number of nitrogens with zero attached hydrogens (tertiary/aromatic N) is 5. The summed E-state index contributed by atoms with van der Waals surface area (Å²) >= 11 is 1.29. The second-order valence-electron chi connectivity index (χ2n) is 12.6. The van der Waals surface area contributed by atoms with Crippen molar-refractivity contribution < 1.29 is 19.2 Å². The van der Waals surface area contributed by atoms with Crippen LogP contribution in [0.5, 0.6) is 0 Å². The number of thiazole rings is 1. The van der Waals surface area contributed by atoms with E-state index in [4.69, 9.17) is 5.73 Å². The van der Waals surface area contributed by atoms with Gasteiger partial charge in [0.05, 0.1) is 25.1 Å². The first-order valence-corrected chi connectivity index (χ1v) is 16.8. The second kappa shape index (κ2) is 11.7. The van der Waals surface area contributed by atoms with Crippen molar-refractivity contribution in [2.45, 2.75) is 19.4 Å². The summed E-state index contributed by atoms with van der Waals surface area (Å²) in [5, 5.41) is 9.33. The molecule has 2 aliphatic carbocycles. The van der Waals surface area contributed by atoms with Gasteiger partial charge in [-0.3, -0.25) is 14.4 Å². The van der Waals surface area contributed by atoms with Crippen molar-refractivity contribution in [1.29, 1.82) is 0 Å². The number of hydrogen-bond donors (Lipinski definition) is 3. The third-order valence-corrected chi connectivity index (χ3v) is 10.3. The Bertz CT molecular complexity index is 2390. The predicted octanol–water partition coefficient (Wildman–Crippen LogP) is 3.87. The fourth-order valence-corrected chi connectivity index (χ4v) is 7.90. The fraction of sp³-hybridized carbons (Fsp3) is 0.162. The van der Waals surface area contributed by atoms with Gasteiger partial charge in [-0.15, -0.1) is 11.3 Å². The van der Waals surface area contributed by atoms with E-state index in [1.807, 2.05) is 71.5 Å². The van der Waals surface area contributed by atoms with Crippen LogP contribution in [0.25, 0.3) is 34.5 Å². The smallest absolute Gasteiger partial charge is 0.316 e. The van der Waals surface area contributed by atoms with Gasteiger partial charge in [-0.1, -0.05) is 61.5 Å². The molecule has 0 saturated heterocycles. The van der Waals surface area contributed by atoms with E-state index < -0.39 is 17.5 Å². The molecule has 3 amide bonds. The number of primary amides is 1. The molecule has 2 unspecified atom stereocenters. The number of anilines is 4. The van der Waals surface area contributed by atoms with Crippen LogP contribution in [0.2, 0.25) is 0 Å². The number of nitrogens with two attached hydrogens (primary N) is 1. The van der Waals surface area contributed by atoms with Crippen molar-refractivity contribution >= 4 is 69.3 Å². The van der Waals surface area contributed by atoms with Crippen LogP contribution in [0.1, 0.15) is 29.8 Å². The molecule has 1 aliphatic heterocycles. The van der Waals surface area contributed by atoms with Crippen molar-refractivity contribution in [3.63, 3.8) is 0 Å². The Hall–Kier alpha value is -6.21. The van der Waals surface area contributed by atoms with Crippen LogP contribution in [-0.4, -0.2) is 51.7 Å². The lowest BCUT2D eigenvalue weighted by atomic mass is 9.73. The topological polar surface area (TPSA) is 164 Å². The van der Waals surface area contributed by atoms with Crippen LogP contribution in [0.3, 0.4) is 0 Å². The lowest BCUT2D eigenvalue weighted by molar-refractivity contribution is -0.126. The Balaban J connectivity index is 1.08. The molecule has 5 aromatic rings. The minimum absolute atomic E-state index is 0.0166. The van der Waals surface area contributed by atoms with Crippen LogP contribution < -0.4 is 36.6 Å². The maximum atomic E-state index is 14.3.